The molecule has 1 fully saturated rings. The van der Waals surface area contributed by atoms with Crippen molar-refractivity contribution in [3.8, 4) is 0 Å². The zero-order valence-corrected chi connectivity index (χ0v) is 7.51. The fourth-order valence-electron chi connectivity index (χ4n) is 1.24. The Labute approximate surface area is 71.5 Å². The molecule has 0 spiro atoms. The minimum atomic E-state index is -3.98. The van der Waals surface area contributed by atoms with Crippen LogP contribution >= 0.6 is 0 Å². The summed E-state index contributed by atoms with van der Waals surface area (Å²) < 4.78 is 29.7. The van der Waals surface area contributed by atoms with Gasteiger partial charge in [-0.3, -0.25) is 9.35 Å². The third-order valence-corrected chi connectivity index (χ3v) is 3.10. The van der Waals surface area contributed by atoms with Gasteiger partial charge in [-0.05, 0) is 12.8 Å². The van der Waals surface area contributed by atoms with Crippen LogP contribution in [0.4, 0.5) is 0 Å². The number of ketones is 1. The predicted octanol–water partition coefficient (Wildman–Crippen LogP) is 0.548. The van der Waals surface area contributed by atoms with Crippen LogP contribution in [0.2, 0.25) is 0 Å². The summed E-state index contributed by atoms with van der Waals surface area (Å²) in [6, 6.07) is 0. The Balaban J connectivity index is 0.00000121. The fraction of sp³-hybridized carbons (Fsp3) is 0.833. The standard InChI is InChI=1S/C6H10O4S.H3N/c7-5-2-1-3-6(4-5)11(8,9)10;/h6H,1-4H2,(H,8,9,10);1H3. The first kappa shape index (κ1) is 11.5. The van der Waals surface area contributed by atoms with Crippen LogP contribution in [-0.2, 0) is 14.9 Å². The van der Waals surface area contributed by atoms with Gasteiger partial charge in [-0.1, -0.05) is 0 Å². The molecule has 12 heavy (non-hydrogen) atoms. The molecular weight excluding hydrogens is 182 g/mol. The summed E-state index contributed by atoms with van der Waals surface area (Å²) in [5.74, 6) is -0.0705. The van der Waals surface area contributed by atoms with Crippen molar-refractivity contribution in [1.29, 1.82) is 0 Å². The molecule has 0 amide bonds. The Morgan fingerprint density at radius 2 is 2.00 bits per heavy atom. The van der Waals surface area contributed by atoms with E-state index in [0.29, 0.717) is 19.3 Å². The van der Waals surface area contributed by atoms with E-state index in [1.807, 2.05) is 0 Å². The van der Waals surface area contributed by atoms with Crippen molar-refractivity contribution in [2.45, 2.75) is 30.9 Å². The highest BCUT2D eigenvalue weighted by Gasteiger charge is 2.28. The van der Waals surface area contributed by atoms with Crippen LogP contribution in [-0.4, -0.2) is 24.0 Å². The third-order valence-electron chi connectivity index (χ3n) is 1.86. The van der Waals surface area contributed by atoms with E-state index in [4.69, 9.17) is 4.55 Å². The molecule has 0 aliphatic heterocycles. The molecule has 1 rings (SSSR count). The van der Waals surface area contributed by atoms with Gasteiger partial charge in [0.1, 0.15) is 5.78 Å². The first-order chi connectivity index (χ1) is 5.00. The molecule has 1 aliphatic carbocycles. The number of rotatable bonds is 1. The van der Waals surface area contributed by atoms with Gasteiger partial charge in [-0.25, -0.2) is 0 Å². The van der Waals surface area contributed by atoms with E-state index in [9.17, 15) is 13.2 Å². The van der Waals surface area contributed by atoms with Crippen molar-refractivity contribution in [1.82, 2.24) is 6.15 Å². The number of hydrogen-bond donors (Lipinski definition) is 2. The van der Waals surface area contributed by atoms with Gasteiger partial charge in [0.25, 0.3) is 10.1 Å². The van der Waals surface area contributed by atoms with Crippen LogP contribution in [0.15, 0.2) is 0 Å². The van der Waals surface area contributed by atoms with Gasteiger partial charge in [0.05, 0.1) is 5.25 Å². The fourth-order valence-corrected chi connectivity index (χ4v) is 2.10. The lowest BCUT2D eigenvalue weighted by Gasteiger charge is -2.17. The minimum absolute atomic E-state index is 0. The second-order valence-corrected chi connectivity index (χ2v) is 4.47. The minimum Gasteiger partial charge on any atom is -0.344 e. The molecule has 6 heteroatoms. The first-order valence-electron chi connectivity index (χ1n) is 3.48. The van der Waals surface area contributed by atoms with Crippen molar-refractivity contribution in [2.75, 3.05) is 0 Å². The Morgan fingerprint density at radius 3 is 2.33 bits per heavy atom. The molecule has 0 saturated heterocycles. The molecule has 1 aliphatic rings. The van der Waals surface area contributed by atoms with Gasteiger partial charge in [0, 0.05) is 12.8 Å². The molecule has 72 valence electrons. The van der Waals surface area contributed by atoms with E-state index < -0.39 is 15.4 Å². The molecule has 0 aromatic rings. The van der Waals surface area contributed by atoms with Crippen molar-refractivity contribution in [3.05, 3.63) is 0 Å². The molecule has 0 aromatic carbocycles. The summed E-state index contributed by atoms with van der Waals surface area (Å²) in [5.41, 5.74) is 0. The van der Waals surface area contributed by atoms with Gasteiger partial charge < -0.3 is 6.15 Å². The van der Waals surface area contributed by atoms with Gasteiger partial charge in [-0.2, -0.15) is 8.42 Å². The predicted molar refractivity (Wildman–Crippen MR) is 43.8 cm³/mol. The second kappa shape index (κ2) is 3.97. The molecule has 0 aromatic heterocycles. The Kier molecular flexibility index (Phi) is 3.82. The second-order valence-electron chi connectivity index (χ2n) is 2.77. The van der Waals surface area contributed by atoms with E-state index in [2.05, 4.69) is 0 Å². The highest BCUT2D eigenvalue weighted by atomic mass is 32.2. The van der Waals surface area contributed by atoms with Crippen LogP contribution in [0.5, 0.6) is 0 Å². The van der Waals surface area contributed by atoms with Crippen LogP contribution in [0, 0.1) is 0 Å². The molecule has 1 saturated carbocycles. The molecule has 0 bridgehead atoms. The maximum Gasteiger partial charge on any atom is 0.268 e. The van der Waals surface area contributed by atoms with Gasteiger partial charge in [0.15, 0.2) is 0 Å². The number of Topliss-reactive ketones (excluding diaryl/α,β-unsaturated/α-hetero) is 1. The van der Waals surface area contributed by atoms with E-state index in [1.54, 1.807) is 0 Å². The number of carbonyl (C=O) groups is 1. The molecule has 1 unspecified atom stereocenters. The number of hydrogen-bond acceptors (Lipinski definition) is 4. The highest BCUT2D eigenvalue weighted by Crippen LogP contribution is 2.20. The maximum absolute atomic E-state index is 10.7. The van der Waals surface area contributed by atoms with Crippen LogP contribution in [0.3, 0.4) is 0 Å². The third kappa shape index (κ3) is 2.88. The SMILES string of the molecule is N.O=C1CCCC(S(=O)(=O)O)C1. The Morgan fingerprint density at radius 1 is 1.42 bits per heavy atom. The lowest BCUT2D eigenvalue weighted by Crippen LogP contribution is -2.27. The maximum atomic E-state index is 10.7. The smallest absolute Gasteiger partial charge is 0.268 e. The molecule has 0 heterocycles. The van der Waals surface area contributed by atoms with E-state index in [0.717, 1.165) is 0 Å². The molecular formula is C6H13NO4S. The molecule has 0 radical (unpaired) electrons. The lowest BCUT2D eigenvalue weighted by molar-refractivity contribution is -0.120. The number of carbonyl (C=O) groups excluding carboxylic acids is 1. The molecule has 5 nitrogen and oxygen atoms in total. The van der Waals surface area contributed by atoms with Crippen LogP contribution in [0.25, 0.3) is 0 Å². The van der Waals surface area contributed by atoms with Crippen LogP contribution in [0.1, 0.15) is 25.7 Å². The quantitative estimate of drug-likeness (QED) is 0.594. The van der Waals surface area contributed by atoms with Crippen molar-refractivity contribution in [2.24, 2.45) is 0 Å². The highest BCUT2D eigenvalue weighted by molar-refractivity contribution is 7.86. The first-order valence-corrected chi connectivity index (χ1v) is 4.98. The zero-order chi connectivity index (χ0) is 8.48. The summed E-state index contributed by atoms with van der Waals surface area (Å²) >= 11 is 0. The summed E-state index contributed by atoms with van der Waals surface area (Å²) in [6.07, 6.45) is 1.42. The van der Waals surface area contributed by atoms with E-state index in [1.165, 1.54) is 0 Å². The van der Waals surface area contributed by atoms with Crippen LogP contribution < -0.4 is 6.15 Å². The normalized spacial score (nSPS) is 24.8. The summed E-state index contributed by atoms with van der Waals surface area (Å²) in [6.45, 7) is 0. The Hall–Kier alpha value is -0.460. The zero-order valence-electron chi connectivity index (χ0n) is 6.69. The monoisotopic (exact) mass is 195 g/mol. The van der Waals surface area contributed by atoms with E-state index in [-0.39, 0.29) is 18.4 Å². The van der Waals surface area contributed by atoms with Gasteiger partial charge in [-0.15, -0.1) is 0 Å². The topological polar surface area (TPSA) is 106 Å². The molecule has 1 atom stereocenters. The molecule has 4 N–H and O–H groups in total. The summed E-state index contributed by atoms with van der Waals surface area (Å²) in [5, 5.41) is -0.844. The average molecular weight is 195 g/mol. The largest absolute Gasteiger partial charge is 0.344 e. The van der Waals surface area contributed by atoms with Gasteiger partial charge in [0.2, 0.25) is 0 Å². The lowest BCUT2D eigenvalue weighted by atomic mass is 9.99. The van der Waals surface area contributed by atoms with Gasteiger partial charge >= 0.3 is 0 Å². The summed E-state index contributed by atoms with van der Waals surface area (Å²) in [7, 11) is -3.98. The van der Waals surface area contributed by atoms with Crippen molar-refractivity contribution < 1.29 is 17.8 Å². The Bertz CT molecular complexity index is 259. The van der Waals surface area contributed by atoms with E-state index >= 15 is 0 Å². The van der Waals surface area contributed by atoms with Crippen molar-refractivity contribution >= 4 is 15.9 Å². The summed E-state index contributed by atoms with van der Waals surface area (Å²) in [4.78, 5) is 10.7. The average Bonchev–Trinajstić information content (AvgIpc) is 1.86. The van der Waals surface area contributed by atoms with Crippen molar-refractivity contribution in [3.63, 3.8) is 0 Å².